The van der Waals surface area contributed by atoms with Crippen LogP contribution in [0.1, 0.15) is 20.3 Å². The average molecular weight is 328 g/mol. The first-order chi connectivity index (χ1) is 10.8. The van der Waals surface area contributed by atoms with E-state index in [0.29, 0.717) is 18.4 Å². The molecule has 1 heterocycles. The maximum absolute atomic E-state index is 5.88. The highest BCUT2D eigenvalue weighted by Crippen LogP contribution is 2.32. The van der Waals surface area contributed by atoms with Gasteiger partial charge < -0.3 is 4.74 Å². The molecule has 0 unspecified atom stereocenters. The lowest BCUT2D eigenvalue weighted by Crippen LogP contribution is -2.21. The lowest BCUT2D eigenvalue weighted by atomic mass is 9.80. The first-order valence-corrected chi connectivity index (χ1v) is 12.0. The third-order valence-corrected chi connectivity index (χ3v) is 5.13. The van der Waals surface area contributed by atoms with Gasteiger partial charge in [-0.15, -0.1) is 18.0 Å². The van der Waals surface area contributed by atoms with Gasteiger partial charge in [-0.3, -0.25) is 0 Å². The molecule has 0 N–H and O–H groups in total. The molecule has 0 radical (unpaired) electrons. The Bertz CT molecular complexity index is 595. The maximum Gasteiger partial charge on any atom is 0.212 e. The Morgan fingerprint density at radius 1 is 1.43 bits per heavy atom. The van der Waals surface area contributed by atoms with E-state index in [-0.39, 0.29) is 12.0 Å². The first-order valence-electron chi connectivity index (χ1n) is 8.53. The van der Waals surface area contributed by atoms with E-state index in [0.717, 1.165) is 17.9 Å². The van der Waals surface area contributed by atoms with Crippen LogP contribution in [0.5, 0.6) is 0 Å². The Morgan fingerprint density at radius 3 is 2.74 bits per heavy atom. The van der Waals surface area contributed by atoms with Crippen LogP contribution in [0.4, 0.5) is 0 Å². The summed E-state index contributed by atoms with van der Waals surface area (Å²) in [5.74, 6) is 5.31. The molecule has 124 valence electrons. The number of allylic oxidation sites excluding steroid dienone is 4. The van der Waals surface area contributed by atoms with E-state index in [1.165, 1.54) is 0 Å². The summed E-state index contributed by atoms with van der Waals surface area (Å²) < 4.78 is 5.88. The van der Waals surface area contributed by atoms with E-state index in [9.17, 15) is 0 Å². The third kappa shape index (κ3) is 4.72. The molecule has 1 aliphatic carbocycles. The smallest absolute Gasteiger partial charge is 0.212 e. The third-order valence-electron chi connectivity index (χ3n) is 4.20. The first kappa shape index (κ1) is 17.8. The van der Waals surface area contributed by atoms with Crippen LogP contribution in [0.3, 0.4) is 0 Å². The van der Waals surface area contributed by atoms with Crippen LogP contribution in [-0.4, -0.2) is 26.6 Å². The summed E-state index contributed by atoms with van der Waals surface area (Å²) >= 11 is 0. The minimum atomic E-state index is -1.31. The van der Waals surface area contributed by atoms with Gasteiger partial charge in [0.05, 0.1) is 6.04 Å². The van der Waals surface area contributed by atoms with Crippen molar-refractivity contribution < 1.29 is 4.74 Å². The normalized spacial score (nSPS) is 27.0. The van der Waals surface area contributed by atoms with E-state index < -0.39 is 8.07 Å². The van der Waals surface area contributed by atoms with Gasteiger partial charge in [0.25, 0.3) is 0 Å². The van der Waals surface area contributed by atoms with Crippen molar-refractivity contribution in [2.75, 3.05) is 6.61 Å². The summed E-state index contributed by atoms with van der Waals surface area (Å²) in [7, 11) is -1.31. The van der Waals surface area contributed by atoms with Gasteiger partial charge >= 0.3 is 0 Å². The Hall–Kier alpha value is -1.53. The maximum atomic E-state index is 5.88. The lowest BCUT2D eigenvalue weighted by molar-refractivity contribution is 0.289. The predicted octanol–water partition coefficient (Wildman–Crippen LogP) is 4.63. The number of ether oxygens (including phenoxy) is 1. The van der Waals surface area contributed by atoms with Gasteiger partial charge in [-0.05, 0) is 11.8 Å². The fourth-order valence-electron chi connectivity index (χ4n) is 2.80. The molecule has 3 heteroatoms. The minimum absolute atomic E-state index is 0.237. The molecule has 2 aliphatic rings. The zero-order valence-electron chi connectivity index (χ0n) is 15.1. The number of hydrogen-bond acceptors (Lipinski definition) is 2. The average Bonchev–Trinajstić information content (AvgIpc) is 2.95. The second kappa shape index (κ2) is 7.36. The van der Waals surface area contributed by atoms with E-state index in [1.807, 2.05) is 6.08 Å². The summed E-state index contributed by atoms with van der Waals surface area (Å²) in [6.45, 7) is 15.9. The molecule has 0 bridgehead atoms. The fraction of sp³-hybridized carbons (Fsp3) is 0.550. The SMILES string of the molecule is C=C[C@@H]1C(C2=N[C@@H](C(C)C)CO2)=CC=C[C@H]1CC#C[Si](C)(C)C. The van der Waals surface area contributed by atoms with Gasteiger partial charge in [-0.2, -0.15) is 0 Å². The predicted molar refractivity (Wildman–Crippen MR) is 102 cm³/mol. The Morgan fingerprint density at radius 2 is 2.17 bits per heavy atom. The summed E-state index contributed by atoms with van der Waals surface area (Å²) in [5, 5.41) is 0. The number of nitrogens with zero attached hydrogens (tertiary/aromatic N) is 1. The lowest BCUT2D eigenvalue weighted by Gasteiger charge is -2.25. The van der Waals surface area contributed by atoms with Crippen LogP contribution in [0.2, 0.25) is 19.6 Å². The largest absolute Gasteiger partial charge is 0.475 e. The zero-order valence-corrected chi connectivity index (χ0v) is 16.1. The van der Waals surface area contributed by atoms with Crippen molar-refractivity contribution in [1.82, 2.24) is 0 Å². The molecule has 0 saturated carbocycles. The molecule has 3 atom stereocenters. The molecule has 2 rings (SSSR count). The van der Waals surface area contributed by atoms with Crippen LogP contribution >= 0.6 is 0 Å². The molecule has 0 saturated heterocycles. The van der Waals surface area contributed by atoms with Crippen LogP contribution in [-0.2, 0) is 4.74 Å². The van der Waals surface area contributed by atoms with Crippen molar-refractivity contribution in [2.24, 2.45) is 22.7 Å². The van der Waals surface area contributed by atoms with Gasteiger partial charge in [0, 0.05) is 17.9 Å². The molecule has 0 amide bonds. The van der Waals surface area contributed by atoms with Gasteiger partial charge in [0.2, 0.25) is 5.90 Å². The van der Waals surface area contributed by atoms with E-state index in [2.05, 4.69) is 69.8 Å². The van der Waals surface area contributed by atoms with E-state index >= 15 is 0 Å². The van der Waals surface area contributed by atoms with Gasteiger partial charge in [-0.1, -0.05) is 57.8 Å². The molecular weight excluding hydrogens is 298 g/mol. The highest BCUT2D eigenvalue weighted by molar-refractivity contribution is 6.83. The number of rotatable bonds is 4. The van der Waals surface area contributed by atoms with Gasteiger partial charge in [0.1, 0.15) is 14.7 Å². The number of hydrogen-bond donors (Lipinski definition) is 0. The molecule has 1 aliphatic heterocycles. The van der Waals surface area contributed by atoms with Crippen molar-refractivity contribution in [3.05, 3.63) is 36.5 Å². The Balaban J connectivity index is 2.14. The summed E-state index contributed by atoms with van der Waals surface area (Å²) in [6.07, 6.45) is 9.37. The fourth-order valence-corrected chi connectivity index (χ4v) is 3.43. The van der Waals surface area contributed by atoms with Crippen molar-refractivity contribution in [1.29, 1.82) is 0 Å². The summed E-state index contributed by atoms with van der Waals surface area (Å²) in [5.41, 5.74) is 4.62. The molecular formula is C20H29NOSi. The second-order valence-electron chi connectivity index (χ2n) is 7.74. The standard InChI is InChI=1S/C20H29NOSi/c1-7-17-16(11-9-13-23(4,5)6)10-8-12-18(17)20-21-19(14-22-20)15(2)3/h7-8,10,12,15-17,19H,1,11,14H2,2-6H3/t16-,17-,19+/m0/s1. The van der Waals surface area contributed by atoms with Crippen LogP contribution in [0.25, 0.3) is 0 Å². The molecule has 0 spiro atoms. The van der Waals surface area contributed by atoms with Crippen molar-refractivity contribution >= 4 is 14.0 Å². The Labute approximate surface area is 142 Å². The molecule has 0 fully saturated rings. The van der Waals surface area contributed by atoms with Crippen LogP contribution < -0.4 is 0 Å². The van der Waals surface area contributed by atoms with Gasteiger partial charge in [0.15, 0.2) is 0 Å². The zero-order chi connectivity index (χ0) is 17.0. The highest BCUT2D eigenvalue weighted by Gasteiger charge is 2.30. The van der Waals surface area contributed by atoms with Crippen LogP contribution in [0, 0.1) is 29.2 Å². The molecule has 0 aromatic heterocycles. The molecule has 2 nitrogen and oxygen atoms in total. The van der Waals surface area contributed by atoms with Gasteiger partial charge in [-0.25, -0.2) is 4.99 Å². The Kier molecular flexibility index (Phi) is 5.70. The second-order valence-corrected chi connectivity index (χ2v) is 12.5. The number of aliphatic imine (C=N–C) groups is 1. The van der Waals surface area contributed by atoms with Crippen molar-refractivity contribution in [3.63, 3.8) is 0 Å². The van der Waals surface area contributed by atoms with E-state index in [1.54, 1.807) is 0 Å². The molecule has 0 aromatic carbocycles. The topological polar surface area (TPSA) is 21.6 Å². The molecule has 23 heavy (non-hydrogen) atoms. The molecule has 0 aromatic rings. The highest BCUT2D eigenvalue weighted by atomic mass is 28.3. The quantitative estimate of drug-likeness (QED) is 0.419. The van der Waals surface area contributed by atoms with E-state index in [4.69, 9.17) is 9.73 Å². The minimum Gasteiger partial charge on any atom is -0.475 e. The summed E-state index contributed by atoms with van der Waals surface area (Å²) in [6, 6.07) is 0.271. The summed E-state index contributed by atoms with van der Waals surface area (Å²) in [4.78, 5) is 4.78. The monoisotopic (exact) mass is 327 g/mol. The van der Waals surface area contributed by atoms with Crippen LogP contribution in [0.15, 0.2) is 41.4 Å². The van der Waals surface area contributed by atoms with Crippen molar-refractivity contribution in [3.8, 4) is 11.5 Å². The van der Waals surface area contributed by atoms with Crippen molar-refractivity contribution in [2.45, 2.75) is 46.0 Å².